The molecule has 9 heteroatoms. The molecule has 0 spiro atoms. The van der Waals surface area contributed by atoms with Gasteiger partial charge in [-0.15, -0.1) is 0 Å². The van der Waals surface area contributed by atoms with Gasteiger partial charge in [-0.1, -0.05) is 12.1 Å². The summed E-state index contributed by atoms with van der Waals surface area (Å²) in [6, 6.07) is 6.99. The number of para-hydroxylation sites is 2. The molecule has 1 aliphatic heterocycles. The van der Waals surface area contributed by atoms with Crippen molar-refractivity contribution in [3.8, 4) is 11.5 Å². The fourth-order valence-electron chi connectivity index (χ4n) is 3.00. The number of benzene rings is 1. The highest BCUT2D eigenvalue weighted by molar-refractivity contribution is 6.01. The molecular weight excluding hydrogens is 378 g/mol. The summed E-state index contributed by atoms with van der Waals surface area (Å²) >= 11 is 0. The lowest BCUT2D eigenvalue weighted by Gasteiger charge is -2.29. The number of hydrogen-bond donors (Lipinski definition) is 2. The molecule has 0 radical (unpaired) electrons. The van der Waals surface area contributed by atoms with Crippen LogP contribution in [0.2, 0.25) is 0 Å². The number of aromatic hydroxyl groups is 1. The summed E-state index contributed by atoms with van der Waals surface area (Å²) in [5.74, 6) is -0.485. The lowest BCUT2D eigenvalue weighted by atomic mass is 10.1. The maximum Gasteiger partial charge on any atom is 0.345 e. The Morgan fingerprint density at radius 3 is 2.76 bits per heavy atom. The topological polar surface area (TPSA) is 113 Å². The van der Waals surface area contributed by atoms with E-state index < -0.39 is 17.3 Å². The number of methoxy groups -OCH3 is 1. The van der Waals surface area contributed by atoms with Crippen molar-refractivity contribution in [2.24, 2.45) is 4.99 Å². The summed E-state index contributed by atoms with van der Waals surface area (Å²) in [4.78, 5) is 33.9. The third-order valence-corrected chi connectivity index (χ3v) is 4.43. The molecule has 154 valence electrons. The van der Waals surface area contributed by atoms with Crippen molar-refractivity contribution in [3.63, 3.8) is 0 Å². The summed E-state index contributed by atoms with van der Waals surface area (Å²) in [7, 11) is 1.51. The van der Waals surface area contributed by atoms with Crippen LogP contribution in [-0.4, -0.2) is 62.3 Å². The predicted molar refractivity (Wildman–Crippen MR) is 108 cm³/mol. The number of H-pyrrole nitrogens is 1. The number of carbonyl (C=O) groups excluding carboxylic acids is 1. The average Bonchev–Trinajstić information content (AvgIpc) is 2.74. The van der Waals surface area contributed by atoms with Crippen molar-refractivity contribution in [2.75, 3.05) is 44.9 Å². The predicted octanol–water partition coefficient (Wildman–Crippen LogP) is 1.85. The zero-order valence-corrected chi connectivity index (χ0v) is 16.3. The number of morpholine rings is 1. The molecule has 0 atom stereocenters. The highest BCUT2D eigenvalue weighted by atomic mass is 16.5. The van der Waals surface area contributed by atoms with E-state index in [0.29, 0.717) is 37.7 Å². The van der Waals surface area contributed by atoms with Crippen LogP contribution in [0.4, 0.5) is 11.5 Å². The molecule has 0 aliphatic carbocycles. The van der Waals surface area contributed by atoms with E-state index in [1.54, 1.807) is 36.1 Å². The van der Waals surface area contributed by atoms with Gasteiger partial charge in [-0.3, -0.25) is 9.79 Å². The minimum absolute atomic E-state index is 0.102. The molecule has 29 heavy (non-hydrogen) atoms. The molecular formula is C20H23N3O6. The van der Waals surface area contributed by atoms with Gasteiger partial charge in [0.2, 0.25) is 0 Å². The van der Waals surface area contributed by atoms with Crippen LogP contribution in [0, 0.1) is 0 Å². The number of esters is 1. The van der Waals surface area contributed by atoms with Crippen molar-refractivity contribution < 1.29 is 24.1 Å². The second kappa shape index (κ2) is 9.24. The molecule has 9 nitrogen and oxygen atoms in total. The van der Waals surface area contributed by atoms with Gasteiger partial charge in [0, 0.05) is 19.3 Å². The van der Waals surface area contributed by atoms with E-state index in [4.69, 9.17) is 14.2 Å². The fourth-order valence-corrected chi connectivity index (χ4v) is 3.00. The number of aliphatic imine (C=N–C) groups is 1. The first kappa shape index (κ1) is 20.4. The van der Waals surface area contributed by atoms with Gasteiger partial charge in [-0.05, 0) is 19.1 Å². The molecule has 0 unspecified atom stereocenters. The molecule has 0 amide bonds. The van der Waals surface area contributed by atoms with Crippen LogP contribution >= 0.6 is 0 Å². The fraction of sp³-hybridized carbons (Fsp3) is 0.350. The molecule has 1 aromatic heterocycles. The number of carbonyl (C=O) groups is 1. The van der Waals surface area contributed by atoms with Gasteiger partial charge in [0.25, 0.3) is 5.56 Å². The number of pyridine rings is 1. The lowest BCUT2D eigenvalue weighted by molar-refractivity contribution is 0.0522. The Hall–Kier alpha value is -3.33. The molecule has 2 N–H and O–H groups in total. The molecule has 2 aromatic rings. The highest BCUT2D eigenvalue weighted by Gasteiger charge is 2.27. The summed E-state index contributed by atoms with van der Waals surface area (Å²) in [5, 5.41) is 10.8. The lowest BCUT2D eigenvalue weighted by Crippen LogP contribution is -2.39. The van der Waals surface area contributed by atoms with Crippen LogP contribution in [0.15, 0.2) is 34.1 Å². The number of aromatic amines is 1. The highest BCUT2D eigenvalue weighted by Crippen LogP contribution is 2.30. The van der Waals surface area contributed by atoms with Gasteiger partial charge in [-0.25, -0.2) is 4.79 Å². The second-order valence-corrected chi connectivity index (χ2v) is 6.19. The number of hydrogen-bond acceptors (Lipinski definition) is 8. The molecule has 2 heterocycles. The van der Waals surface area contributed by atoms with Crippen molar-refractivity contribution in [1.29, 1.82) is 0 Å². The number of nitrogens with zero attached hydrogens (tertiary/aromatic N) is 2. The molecule has 1 aliphatic rings. The second-order valence-electron chi connectivity index (χ2n) is 6.19. The largest absolute Gasteiger partial charge is 0.506 e. The van der Waals surface area contributed by atoms with E-state index in [0.717, 1.165) is 0 Å². The first-order valence-corrected chi connectivity index (χ1v) is 9.23. The Bertz CT molecular complexity index is 963. The Morgan fingerprint density at radius 2 is 2.07 bits per heavy atom. The summed E-state index contributed by atoms with van der Waals surface area (Å²) in [5.41, 5.74) is -0.342. The monoisotopic (exact) mass is 401 g/mol. The summed E-state index contributed by atoms with van der Waals surface area (Å²) < 4.78 is 15.6. The molecule has 3 rings (SSSR count). The van der Waals surface area contributed by atoms with Crippen LogP contribution in [0.25, 0.3) is 0 Å². The van der Waals surface area contributed by atoms with Crippen molar-refractivity contribution in [1.82, 2.24) is 4.98 Å². The van der Waals surface area contributed by atoms with Gasteiger partial charge in [0.05, 0.1) is 26.9 Å². The number of aromatic nitrogens is 1. The first-order valence-electron chi connectivity index (χ1n) is 9.23. The number of nitrogens with one attached hydrogen (secondary N) is 1. The number of rotatable bonds is 6. The zero-order valence-electron chi connectivity index (χ0n) is 16.3. The van der Waals surface area contributed by atoms with Crippen LogP contribution in [-0.2, 0) is 9.47 Å². The maximum absolute atomic E-state index is 12.7. The quantitative estimate of drug-likeness (QED) is 0.561. The summed E-state index contributed by atoms with van der Waals surface area (Å²) in [6.07, 6.45) is 1.21. The van der Waals surface area contributed by atoms with E-state index in [9.17, 15) is 14.7 Å². The SMILES string of the molecule is CCOC(=O)c1c(N2CCOCC2)[nH]c(=O)c(C=Nc2ccccc2OC)c1O. The van der Waals surface area contributed by atoms with E-state index in [1.165, 1.54) is 13.3 Å². The number of ether oxygens (including phenoxy) is 3. The average molecular weight is 401 g/mol. The Labute approximate surface area is 167 Å². The van der Waals surface area contributed by atoms with Crippen molar-refractivity contribution in [3.05, 3.63) is 45.7 Å². The van der Waals surface area contributed by atoms with Gasteiger partial charge in [0.15, 0.2) is 0 Å². The molecule has 1 fully saturated rings. The maximum atomic E-state index is 12.7. The van der Waals surface area contributed by atoms with Gasteiger partial charge < -0.3 is 29.2 Å². The van der Waals surface area contributed by atoms with Crippen LogP contribution in [0.5, 0.6) is 11.5 Å². The molecule has 0 bridgehead atoms. The normalized spacial score (nSPS) is 14.2. The van der Waals surface area contributed by atoms with E-state index in [2.05, 4.69) is 9.98 Å². The number of anilines is 1. The molecule has 1 saturated heterocycles. The molecule has 1 aromatic carbocycles. The van der Waals surface area contributed by atoms with Gasteiger partial charge >= 0.3 is 5.97 Å². The summed E-state index contributed by atoms with van der Waals surface area (Å²) in [6.45, 7) is 3.63. The Kier molecular flexibility index (Phi) is 6.50. The van der Waals surface area contributed by atoms with E-state index in [-0.39, 0.29) is 23.6 Å². The van der Waals surface area contributed by atoms with Crippen molar-refractivity contribution in [2.45, 2.75) is 6.92 Å². The standard InChI is InChI=1S/C20H23N3O6/c1-3-29-20(26)16-17(24)13(12-21-14-6-4-5-7-15(14)27-2)19(25)22-18(16)23-8-10-28-11-9-23/h4-7,12H,3,8-11H2,1-2H3,(H2,22,24,25). The van der Waals surface area contributed by atoms with Gasteiger partial charge in [-0.2, -0.15) is 0 Å². The van der Waals surface area contributed by atoms with E-state index in [1.807, 2.05) is 0 Å². The minimum atomic E-state index is -0.727. The van der Waals surface area contributed by atoms with Crippen LogP contribution < -0.4 is 15.2 Å². The third-order valence-electron chi connectivity index (χ3n) is 4.43. The van der Waals surface area contributed by atoms with E-state index >= 15 is 0 Å². The van der Waals surface area contributed by atoms with Gasteiger partial charge in [0.1, 0.15) is 34.1 Å². The zero-order chi connectivity index (χ0) is 20.8. The molecule has 0 saturated carbocycles. The third kappa shape index (κ3) is 4.40. The first-order chi connectivity index (χ1) is 14.1. The smallest absolute Gasteiger partial charge is 0.345 e. The van der Waals surface area contributed by atoms with Crippen molar-refractivity contribution >= 4 is 23.7 Å². The van der Waals surface area contributed by atoms with Crippen LogP contribution in [0.3, 0.4) is 0 Å². The minimum Gasteiger partial charge on any atom is -0.506 e. The Morgan fingerprint density at radius 1 is 1.34 bits per heavy atom. The van der Waals surface area contributed by atoms with Crippen LogP contribution in [0.1, 0.15) is 22.8 Å². The Balaban J connectivity index is 2.08.